The summed E-state index contributed by atoms with van der Waals surface area (Å²) in [5.74, 6) is -0.799. The summed E-state index contributed by atoms with van der Waals surface area (Å²) < 4.78 is 0. The first kappa shape index (κ1) is 12.6. The topological polar surface area (TPSA) is 40.5 Å². The Morgan fingerprint density at radius 1 is 1.59 bits per heavy atom. The molecule has 2 unspecified atom stereocenters. The van der Waals surface area contributed by atoms with Crippen molar-refractivity contribution < 1.29 is 9.90 Å². The van der Waals surface area contributed by atoms with Crippen LogP contribution in [0, 0.1) is 5.92 Å². The lowest BCUT2D eigenvalue weighted by molar-refractivity contribution is -0.143. The van der Waals surface area contributed by atoms with E-state index in [0.29, 0.717) is 0 Å². The van der Waals surface area contributed by atoms with Gasteiger partial charge in [0.05, 0.1) is 5.92 Å². The first-order valence-corrected chi connectivity index (χ1v) is 7.09. The SMILES string of the molecule is CCN(Cc1cccs1)C1CCCC1C(=O)O. The Morgan fingerprint density at radius 2 is 2.41 bits per heavy atom. The summed E-state index contributed by atoms with van der Waals surface area (Å²) in [7, 11) is 0. The van der Waals surface area contributed by atoms with Crippen molar-refractivity contribution >= 4 is 17.3 Å². The number of rotatable bonds is 5. The molecule has 0 saturated heterocycles. The number of nitrogens with zero attached hydrogens (tertiary/aromatic N) is 1. The molecule has 0 bridgehead atoms. The Balaban J connectivity index is 2.04. The third kappa shape index (κ3) is 2.87. The van der Waals surface area contributed by atoms with Crippen LogP contribution in [0.25, 0.3) is 0 Å². The van der Waals surface area contributed by atoms with E-state index in [9.17, 15) is 9.90 Å². The normalized spacial score (nSPS) is 24.4. The van der Waals surface area contributed by atoms with Crippen LogP contribution in [0.3, 0.4) is 0 Å². The van der Waals surface area contributed by atoms with Crippen molar-refractivity contribution in [1.82, 2.24) is 4.90 Å². The molecule has 17 heavy (non-hydrogen) atoms. The molecule has 4 heteroatoms. The second-order valence-electron chi connectivity index (χ2n) is 4.59. The van der Waals surface area contributed by atoms with Crippen LogP contribution in [0.2, 0.25) is 0 Å². The number of carboxylic acid groups (broad SMARTS) is 1. The summed E-state index contributed by atoms with van der Waals surface area (Å²) in [5.41, 5.74) is 0. The lowest BCUT2D eigenvalue weighted by Crippen LogP contribution is -2.39. The summed E-state index contributed by atoms with van der Waals surface area (Å²) >= 11 is 1.75. The molecular formula is C13H19NO2S. The molecule has 1 aromatic rings. The molecule has 1 aromatic heterocycles. The van der Waals surface area contributed by atoms with Crippen molar-refractivity contribution in [3.63, 3.8) is 0 Å². The molecule has 2 atom stereocenters. The zero-order valence-corrected chi connectivity index (χ0v) is 10.9. The van der Waals surface area contributed by atoms with Gasteiger partial charge in [0.2, 0.25) is 0 Å². The quantitative estimate of drug-likeness (QED) is 0.877. The second-order valence-corrected chi connectivity index (χ2v) is 5.62. The molecule has 1 fully saturated rings. The maximum Gasteiger partial charge on any atom is 0.308 e. The van der Waals surface area contributed by atoms with Gasteiger partial charge in [-0.25, -0.2) is 0 Å². The number of carbonyl (C=O) groups is 1. The molecule has 1 saturated carbocycles. The summed E-state index contributed by atoms with van der Waals surface area (Å²) in [6, 6.07) is 4.40. The number of hydrogen-bond donors (Lipinski definition) is 1. The molecule has 1 heterocycles. The monoisotopic (exact) mass is 253 g/mol. The maximum atomic E-state index is 11.2. The van der Waals surface area contributed by atoms with E-state index in [1.165, 1.54) is 4.88 Å². The van der Waals surface area contributed by atoms with Crippen LogP contribution in [-0.2, 0) is 11.3 Å². The average molecular weight is 253 g/mol. The molecule has 0 aromatic carbocycles. The van der Waals surface area contributed by atoms with E-state index in [0.717, 1.165) is 32.4 Å². The number of thiophene rings is 1. The fourth-order valence-electron chi connectivity index (χ4n) is 2.73. The Kier molecular flexibility index (Phi) is 4.18. The van der Waals surface area contributed by atoms with Crippen LogP contribution in [-0.4, -0.2) is 28.6 Å². The molecule has 0 amide bonds. The van der Waals surface area contributed by atoms with Crippen molar-refractivity contribution in [2.24, 2.45) is 5.92 Å². The van der Waals surface area contributed by atoms with Crippen LogP contribution in [0.15, 0.2) is 17.5 Å². The van der Waals surface area contributed by atoms with Gasteiger partial charge < -0.3 is 5.11 Å². The zero-order chi connectivity index (χ0) is 12.3. The molecule has 94 valence electrons. The molecular weight excluding hydrogens is 234 g/mol. The number of hydrogen-bond acceptors (Lipinski definition) is 3. The Labute approximate surface area is 106 Å². The minimum Gasteiger partial charge on any atom is -0.481 e. The van der Waals surface area contributed by atoms with E-state index in [-0.39, 0.29) is 12.0 Å². The molecule has 0 spiro atoms. The van der Waals surface area contributed by atoms with Crippen LogP contribution < -0.4 is 0 Å². The van der Waals surface area contributed by atoms with Gasteiger partial charge in [-0.1, -0.05) is 19.4 Å². The highest BCUT2D eigenvalue weighted by Crippen LogP contribution is 2.31. The van der Waals surface area contributed by atoms with Crippen molar-refractivity contribution in [2.45, 2.75) is 38.8 Å². The number of carboxylic acids is 1. The maximum absolute atomic E-state index is 11.2. The Hall–Kier alpha value is -0.870. The van der Waals surface area contributed by atoms with E-state index >= 15 is 0 Å². The van der Waals surface area contributed by atoms with Gasteiger partial charge in [0, 0.05) is 17.5 Å². The van der Waals surface area contributed by atoms with Gasteiger partial charge in [-0.2, -0.15) is 0 Å². The highest BCUT2D eigenvalue weighted by molar-refractivity contribution is 7.09. The van der Waals surface area contributed by atoms with Gasteiger partial charge >= 0.3 is 5.97 Å². The molecule has 0 radical (unpaired) electrons. The molecule has 2 rings (SSSR count). The van der Waals surface area contributed by atoms with Crippen LogP contribution in [0.1, 0.15) is 31.1 Å². The highest BCUT2D eigenvalue weighted by Gasteiger charge is 2.36. The van der Waals surface area contributed by atoms with Crippen LogP contribution in [0.4, 0.5) is 0 Å². The predicted molar refractivity (Wildman–Crippen MR) is 69.2 cm³/mol. The molecule has 1 N–H and O–H groups in total. The Morgan fingerprint density at radius 3 is 3.00 bits per heavy atom. The van der Waals surface area contributed by atoms with Crippen molar-refractivity contribution in [3.05, 3.63) is 22.4 Å². The molecule has 1 aliphatic rings. The predicted octanol–water partition coefficient (Wildman–Crippen LogP) is 2.82. The molecule has 3 nitrogen and oxygen atoms in total. The first-order chi connectivity index (χ1) is 8.22. The fourth-order valence-corrected chi connectivity index (χ4v) is 3.46. The summed E-state index contributed by atoms with van der Waals surface area (Å²) in [6.07, 6.45) is 2.90. The minimum absolute atomic E-state index is 0.171. The van der Waals surface area contributed by atoms with E-state index in [1.54, 1.807) is 11.3 Å². The standard InChI is InChI=1S/C13H19NO2S/c1-2-14(9-10-5-4-8-17-10)12-7-3-6-11(12)13(15)16/h4-5,8,11-12H,2-3,6-7,9H2,1H3,(H,15,16). The van der Waals surface area contributed by atoms with Gasteiger partial charge in [-0.05, 0) is 30.8 Å². The fraction of sp³-hybridized carbons (Fsp3) is 0.615. The summed E-state index contributed by atoms with van der Waals surface area (Å²) in [6.45, 7) is 3.93. The zero-order valence-electron chi connectivity index (χ0n) is 10.1. The number of aliphatic carboxylic acids is 1. The average Bonchev–Trinajstić information content (AvgIpc) is 2.96. The lowest BCUT2D eigenvalue weighted by atomic mass is 10.0. The van der Waals surface area contributed by atoms with Gasteiger partial charge in [-0.15, -0.1) is 11.3 Å². The van der Waals surface area contributed by atoms with E-state index in [1.807, 2.05) is 0 Å². The van der Waals surface area contributed by atoms with E-state index in [4.69, 9.17) is 0 Å². The largest absolute Gasteiger partial charge is 0.481 e. The summed E-state index contributed by atoms with van der Waals surface area (Å²) in [4.78, 5) is 14.8. The minimum atomic E-state index is -0.628. The first-order valence-electron chi connectivity index (χ1n) is 6.21. The molecule has 1 aliphatic carbocycles. The van der Waals surface area contributed by atoms with Crippen molar-refractivity contribution in [1.29, 1.82) is 0 Å². The Bertz CT molecular complexity index is 364. The highest BCUT2D eigenvalue weighted by atomic mass is 32.1. The van der Waals surface area contributed by atoms with E-state index < -0.39 is 5.97 Å². The van der Waals surface area contributed by atoms with Gasteiger partial charge in [0.25, 0.3) is 0 Å². The van der Waals surface area contributed by atoms with Crippen molar-refractivity contribution in [2.75, 3.05) is 6.54 Å². The second kappa shape index (κ2) is 5.65. The summed E-state index contributed by atoms with van der Waals surface area (Å²) in [5, 5.41) is 11.3. The third-order valence-corrected chi connectivity index (χ3v) is 4.47. The van der Waals surface area contributed by atoms with Crippen LogP contribution >= 0.6 is 11.3 Å². The van der Waals surface area contributed by atoms with E-state index in [2.05, 4.69) is 29.3 Å². The van der Waals surface area contributed by atoms with Gasteiger partial charge in [-0.3, -0.25) is 9.69 Å². The third-order valence-electron chi connectivity index (χ3n) is 3.61. The van der Waals surface area contributed by atoms with Crippen molar-refractivity contribution in [3.8, 4) is 0 Å². The van der Waals surface area contributed by atoms with Gasteiger partial charge in [0.1, 0.15) is 0 Å². The molecule has 0 aliphatic heterocycles. The van der Waals surface area contributed by atoms with Gasteiger partial charge in [0.15, 0.2) is 0 Å². The lowest BCUT2D eigenvalue weighted by Gasteiger charge is -2.30. The van der Waals surface area contributed by atoms with Crippen LogP contribution in [0.5, 0.6) is 0 Å². The smallest absolute Gasteiger partial charge is 0.308 e.